The van der Waals surface area contributed by atoms with Crippen LogP contribution < -0.4 is 9.80 Å². The second-order valence-corrected chi connectivity index (χ2v) is 5.49. The minimum absolute atomic E-state index is 0.810. The molecule has 0 radical (unpaired) electrons. The van der Waals surface area contributed by atoms with Crippen molar-refractivity contribution in [2.45, 2.75) is 33.6 Å². The number of para-hydroxylation sites is 1. The molecule has 0 saturated carbocycles. The number of rotatable bonds is 7. The number of hydrogen-bond acceptors (Lipinski definition) is 4. The molecule has 22 heavy (non-hydrogen) atoms. The second-order valence-electron chi connectivity index (χ2n) is 5.49. The fraction of sp³-hybridized carbons (Fsp3) is 0.444. The van der Waals surface area contributed by atoms with Crippen LogP contribution in [0.1, 0.15) is 32.5 Å². The van der Waals surface area contributed by atoms with Gasteiger partial charge in [0.2, 0.25) is 0 Å². The summed E-state index contributed by atoms with van der Waals surface area (Å²) in [5.41, 5.74) is 1.16. The molecule has 1 aromatic carbocycles. The van der Waals surface area contributed by atoms with Crippen molar-refractivity contribution in [2.75, 3.05) is 29.9 Å². The van der Waals surface area contributed by atoms with E-state index in [1.165, 1.54) is 12.8 Å². The van der Waals surface area contributed by atoms with E-state index in [2.05, 4.69) is 71.0 Å². The summed E-state index contributed by atoms with van der Waals surface area (Å²) in [6.07, 6.45) is 2.36. The van der Waals surface area contributed by atoms with Gasteiger partial charge in [-0.2, -0.15) is 0 Å². The number of hydrogen-bond donors (Lipinski definition) is 0. The van der Waals surface area contributed by atoms with Crippen LogP contribution in [0.15, 0.2) is 36.4 Å². The highest BCUT2D eigenvalue weighted by Crippen LogP contribution is 2.25. The van der Waals surface area contributed by atoms with Gasteiger partial charge >= 0.3 is 0 Å². The van der Waals surface area contributed by atoms with Crippen LogP contribution in [0.4, 0.5) is 17.3 Å². The molecule has 0 spiro atoms. The van der Waals surface area contributed by atoms with Crippen molar-refractivity contribution in [1.82, 2.24) is 9.97 Å². The normalized spacial score (nSPS) is 10.5. The molecule has 0 aliphatic rings. The highest BCUT2D eigenvalue weighted by atomic mass is 15.2. The number of nitrogens with zero attached hydrogens (tertiary/aromatic N) is 4. The second kappa shape index (κ2) is 7.78. The Morgan fingerprint density at radius 2 is 1.68 bits per heavy atom. The highest BCUT2D eigenvalue weighted by Gasteiger charge is 2.12. The maximum Gasteiger partial charge on any atom is 0.138 e. The van der Waals surface area contributed by atoms with Crippen molar-refractivity contribution in [3.63, 3.8) is 0 Å². The molecule has 4 nitrogen and oxygen atoms in total. The van der Waals surface area contributed by atoms with E-state index in [4.69, 9.17) is 0 Å². The quantitative estimate of drug-likeness (QED) is 0.767. The molecule has 118 valence electrons. The van der Waals surface area contributed by atoms with Gasteiger partial charge in [0.05, 0.1) is 0 Å². The molecule has 1 heterocycles. The average Bonchev–Trinajstić information content (AvgIpc) is 2.54. The Labute approximate surface area is 133 Å². The predicted octanol–water partition coefficient (Wildman–Crippen LogP) is 4.18. The number of aryl methyl sites for hydroxylation is 1. The molecular formula is C18H26N4. The molecule has 0 aliphatic carbocycles. The average molecular weight is 298 g/mol. The predicted molar refractivity (Wildman–Crippen MR) is 94.1 cm³/mol. The summed E-state index contributed by atoms with van der Waals surface area (Å²) in [5, 5.41) is 0. The number of aromatic nitrogens is 2. The molecule has 0 fully saturated rings. The largest absolute Gasteiger partial charge is 0.360 e. The van der Waals surface area contributed by atoms with Crippen molar-refractivity contribution in [3.8, 4) is 0 Å². The summed E-state index contributed by atoms with van der Waals surface area (Å²) in [6, 6.07) is 12.5. The summed E-state index contributed by atoms with van der Waals surface area (Å²) in [6.45, 7) is 8.20. The van der Waals surface area contributed by atoms with Crippen molar-refractivity contribution in [3.05, 3.63) is 42.2 Å². The topological polar surface area (TPSA) is 32.3 Å². The Balaban J connectivity index is 2.32. The molecular weight excluding hydrogens is 272 g/mol. The van der Waals surface area contributed by atoms with Crippen LogP contribution in [-0.2, 0) is 0 Å². The smallest absolute Gasteiger partial charge is 0.138 e. The lowest BCUT2D eigenvalue weighted by Crippen LogP contribution is -2.22. The van der Waals surface area contributed by atoms with E-state index in [0.717, 1.165) is 36.2 Å². The molecule has 2 aromatic rings. The maximum atomic E-state index is 4.63. The molecule has 2 rings (SSSR count). The van der Waals surface area contributed by atoms with Crippen molar-refractivity contribution in [2.24, 2.45) is 0 Å². The number of benzene rings is 1. The van der Waals surface area contributed by atoms with Gasteiger partial charge in [0, 0.05) is 31.9 Å². The Morgan fingerprint density at radius 1 is 1.00 bits per heavy atom. The van der Waals surface area contributed by atoms with Crippen LogP contribution in [0.25, 0.3) is 0 Å². The highest BCUT2D eigenvalue weighted by molar-refractivity contribution is 5.62. The van der Waals surface area contributed by atoms with Gasteiger partial charge in [-0.15, -0.1) is 0 Å². The standard InChI is InChI=1S/C18H26N4/c1-5-7-13-21(4)17-14-18(20-15(3)19-17)22(6-2)16-11-9-8-10-12-16/h8-12,14H,5-7,13H2,1-4H3. The van der Waals surface area contributed by atoms with Gasteiger partial charge in [-0.3, -0.25) is 0 Å². The summed E-state index contributed by atoms with van der Waals surface area (Å²) >= 11 is 0. The van der Waals surface area contributed by atoms with E-state index in [1.54, 1.807) is 0 Å². The Morgan fingerprint density at radius 3 is 2.32 bits per heavy atom. The zero-order valence-electron chi connectivity index (χ0n) is 14.1. The van der Waals surface area contributed by atoms with Gasteiger partial charge in [0.1, 0.15) is 17.5 Å². The van der Waals surface area contributed by atoms with Gasteiger partial charge in [0.15, 0.2) is 0 Å². The molecule has 0 atom stereocenters. The van der Waals surface area contributed by atoms with E-state index in [0.29, 0.717) is 0 Å². The number of unbranched alkanes of at least 4 members (excludes halogenated alkanes) is 1. The first kappa shape index (κ1) is 16.3. The van der Waals surface area contributed by atoms with Gasteiger partial charge in [-0.25, -0.2) is 9.97 Å². The lowest BCUT2D eigenvalue weighted by molar-refractivity contribution is 0.755. The molecule has 0 unspecified atom stereocenters. The Bertz CT molecular complexity index is 583. The van der Waals surface area contributed by atoms with Crippen LogP contribution in [0, 0.1) is 6.92 Å². The van der Waals surface area contributed by atoms with Gasteiger partial charge in [-0.1, -0.05) is 31.5 Å². The third kappa shape index (κ3) is 3.97. The van der Waals surface area contributed by atoms with E-state index in [1.807, 2.05) is 13.0 Å². The van der Waals surface area contributed by atoms with Gasteiger partial charge in [-0.05, 0) is 32.4 Å². The van der Waals surface area contributed by atoms with E-state index >= 15 is 0 Å². The van der Waals surface area contributed by atoms with Crippen LogP contribution in [0.2, 0.25) is 0 Å². The number of anilines is 3. The third-order valence-electron chi connectivity index (χ3n) is 3.71. The molecule has 0 amide bonds. The SMILES string of the molecule is CCCCN(C)c1cc(N(CC)c2ccccc2)nc(C)n1. The lowest BCUT2D eigenvalue weighted by Gasteiger charge is -2.25. The Hall–Kier alpha value is -2.10. The zero-order chi connectivity index (χ0) is 15.9. The summed E-state index contributed by atoms with van der Waals surface area (Å²) in [7, 11) is 2.10. The minimum Gasteiger partial charge on any atom is -0.360 e. The molecule has 0 bridgehead atoms. The van der Waals surface area contributed by atoms with Crippen LogP contribution >= 0.6 is 0 Å². The zero-order valence-corrected chi connectivity index (χ0v) is 14.1. The molecule has 4 heteroatoms. The van der Waals surface area contributed by atoms with Gasteiger partial charge in [0.25, 0.3) is 0 Å². The monoisotopic (exact) mass is 298 g/mol. The Kier molecular flexibility index (Phi) is 5.75. The summed E-state index contributed by atoms with van der Waals surface area (Å²) in [4.78, 5) is 13.6. The van der Waals surface area contributed by atoms with E-state index < -0.39 is 0 Å². The fourth-order valence-electron chi connectivity index (χ4n) is 2.47. The van der Waals surface area contributed by atoms with Crippen LogP contribution in [0.3, 0.4) is 0 Å². The lowest BCUT2D eigenvalue weighted by atomic mass is 10.2. The molecule has 1 aromatic heterocycles. The van der Waals surface area contributed by atoms with Crippen molar-refractivity contribution < 1.29 is 0 Å². The molecule has 0 saturated heterocycles. The fourth-order valence-corrected chi connectivity index (χ4v) is 2.47. The van der Waals surface area contributed by atoms with E-state index in [-0.39, 0.29) is 0 Å². The first-order valence-electron chi connectivity index (χ1n) is 8.05. The van der Waals surface area contributed by atoms with E-state index in [9.17, 15) is 0 Å². The van der Waals surface area contributed by atoms with Crippen LogP contribution in [0.5, 0.6) is 0 Å². The molecule has 0 aliphatic heterocycles. The van der Waals surface area contributed by atoms with Gasteiger partial charge < -0.3 is 9.80 Å². The first-order chi connectivity index (χ1) is 10.7. The minimum atomic E-state index is 0.810. The summed E-state index contributed by atoms with van der Waals surface area (Å²) in [5.74, 6) is 2.76. The van der Waals surface area contributed by atoms with Crippen molar-refractivity contribution in [1.29, 1.82) is 0 Å². The third-order valence-corrected chi connectivity index (χ3v) is 3.71. The molecule has 0 N–H and O–H groups in total. The van der Waals surface area contributed by atoms with Crippen molar-refractivity contribution >= 4 is 17.3 Å². The first-order valence-corrected chi connectivity index (χ1v) is 8.05. The maximum absolute atomic E-state index is 4.63. The summed E-state index contributed by atoms with van der Waals surface area (Å²) < 4.78 is 0. The van der Waals surface area contributed by atoms with Crippen LogP contribution in [-0.4, -0.2) is 30.1 Å².